The molecule has 0 heterocycles. The largest absolute Gasteiger partial charge is 0.491 e. The van der Waals surface area contributed by atoms with Crippen molar-refractivity contribution in [1.82, 2.24) is 0 Å². The van der Waals surface area contributed by atoms with Gasteiger partial charge in [0.15, 0.2) is 0 Å². The molecule has 1 aromatic rings. The highest BCUT2D eigenvalue weighted by molar-refractivity contribution is 5.97. The summed E-state index contributed by atoms with van der Waals surface area (Å²) in [5.41, 5.74) is 3.85. The summed E-state index contributed by atoms with van der Waals surface area (Å²) in [7, 11) is 0. The third-order valence-electron chi connectivity index (χ3n) is 2.43. The van der Waals surface area contributed by atoms with Crippen LogP contribution in [0.1, 0.15) is 24.5 Å². The molecule has 0 atom stereocenters. The van der Waals surface area contributed by atoms with Crippen LogP contribution in [0.5, 0.6) is 5.75 Å². The van der Waals surface area contributed by atoms with Crippen molar-refractivity contribution in [3.05, 3.63) is 29.3 Å². The third kappa shape index (κ3) is 4.73. The number of nitrogen functional groups attached to an aromatic ring is 1. The SMILES string of the molecule is CCCOCCOc1ccc(C(F)(F)F)c(C(=N)N)c1. The number of benzene rings is 1. The molecule has 3 N–H and O–H groups in total. The Morgan fingerprint density at radius 1 is 1.25 bits per heavy atom. The molecule has 0 radical (unpaired) electrons. The van der Waals surface area contributed by atoms with Crippen molar-refractivity contribution in [1.29, 1.82) is 5.41 Å². The smallest absolute Gasteiger partial charge is 0.417 e. The van der Waals surface area contributed by atoms with Crippen molar-refractivity contribution in [2.45, 2.75) is 19.5 Å². The fourth-order valence-electron chi connectivity index (χ4n) is 1.55. The van der Waals surface area contributed by atoms with E-state index in [9.17, 15) is 13.2 Å². The Balaban J connectivity index is 2.76. The normalized spacial score (nSPS) is 11.4. The zero-order valence-corrected chi connectivity index (χ0v) is 11.1. The van der Waals surface area contributed by atoms with E-state index in [1.165, 1.54) is 6.07 Å². The van der Waals surface area contributed by atoms with Crippen molar-refractivity contribution in [3.63, 3.8) is 0 Å². The highest BCUT2D eigenvalue weighted by Crippen LogP contribution is 2.33. The van der Waals surface area contributed by atoms with Crippen molar-refractivity contribution < 1.29 is 22.6 Å². The number of nitrogens with two attached hydrogens (primary N) is 1. The van der Waals surface area contributed by atoms with Crippen LogP contribution in [0.4, 0.5) is 13.2 Å². The lowest BCUT2D eigenvalue weighted by Gasteiger charge is -2.14. The van der Waals surface area contributed by atoms with Crippen LogP contribution in [0.2, 0.25) is 0 Å². The summed E-state index contributed by atoms with van der Waals surface area (Å²) in [5, 5.41) is 7.22. The number of hydrogen-bond acceptors (Lipinski definition) is 3. The van der Waals surface area contributed by atoms with Gasteiger partial charge in [-0.05, 0) is 24.6 Å². The molecule has 0 saturated heterocycles. The van der Waals surface area contributed by atoms with Crippen LogP contribution in [0.3, 0.4) is 0 Å². The molecule has 0 bridgehead atoms. The first-order chi connectivity index (χ1) is 9.36. The molecule has 20 heavy (non-hydrogen) atoms. The molecule has 1 aromatic carbocycles. The van der Waals surface area contributed by atoms with E-state index in [-0.39, 0.29) is 17.9 Å². The molecule has 0 aliphatic carbocycles. The number of ether oxygens (including phenoxy) is 2. The Hall–Kier alpha value is -1.76. The maximum absolute atomic E-state index is 12.7. The Bertz CT molecular complexity index is 461. The highest BCUT2D eigenvalue weighted by atomic mass is 19.4. The number of alkyl halides is 3. The topological polar surface area (TPSA) is 68.3 Å². The van der Waals surface area contributed by atoms with Gasteiger partial charge in [-0.2, -0.15) is 13.2 Å². The lowest BCUT2D eigenvalue weighted by Crippen LogP contribution is -2.19. The van der Waals surface area contributed by atoms with E-state index in [2.05, 4.69) is 0 Å². The zero-order valence-electron chi connectivity index (χ0n) is 11.1. The minimum atomic E-state index is -4.55. The van der Waals surface area contributed by atoms with Crippen LogP contribution >= 0.6 is 0 Å². The molecule has 0 aliphatic heterocycles. The minimum Gasteiger partial charge on any atom is -0.491 e. The van der Waals surface area contributed by atoms with E-state index >= 15 is 0 Å². The summed E-state index contributed by atoms with van der Waals surface area (Å²) in [6.07, 6.45) is -3.67. The maximum Gasteiger partial charge on any atom is 0.417 e. The molecular weight excluding hydrogens is 273 g/mol. The van der Waals surface area contributed by atoms with E-state index in [0.717, 1.165) is 18.6 Å². The van der Waals surface area contributed by atoms with Crippen LogP contribution in [-0.4, -0.2) is 25.7 Å². The number of hydrogen-bond donors (Lipinski definition) is 2. The van der Waals surface area contributed by atoms with Gasteiger partial charge in [-0.25, -0.2) is 0 Å². The Morgan fingerprint density at radius 2 is 1.95 bits per heavy atom. The van der Waals surface area contributed by atoms with Crippen LogP contribution in [0, 0.1) is 5.41 Å². The standard InChI is InChI=1S/C13H17F3N2O2/c1-2-5-19-6-7-20-9-3-4-11(13(14,15)16)10(8-9)12(17)18/h3-4,8H,2,5-7H2,1H3,(H3,17,18). The molecule has 0 saturated carbocycles. The van der Waals surface area contributed by atoms with Crippen LogP contribution in [-0.2, 0) is 10.9 Å². The number of nitrogens with one attached hydrogen (secondary N) is 1. The second kappa shape index (κ2) is 7.14. The first kappa shape index (κ1) is 16.3. The fraction of sp³-hybridized carbons (Fsp3) is 0.462. The molecule has 0 spiro atoms. The van der Waals surface area contributed by atoms with Gasteiger partial charge in [-0.3, -0.25) is 5.41 Å². The molecule has 7 heteroatoms. The summed E-state index contributed by atoms with van der Waals surface area (Å²) in [6, 6.07) is 3.18. The summed E-state index contributed by atoms with van der Waals surface area (Å²) in [6.45, 7) is 3.15. The van der Waals surface area contributed by atoms with E-state index < -0.39 is 17.6 Å². The van der Waals surface area contributed by atoms with Crippen molar-refractivity contribution in [2.24, 2.45) is 5.73 Å². The molecule has 0 amide bonds. The number of amidine groups is 1. The molecule has 4 nitrogen and oxygen atoms in total. The number of halogens is 3. The van der Waals surface area contributed by atoms with Crippen molar-refractivity contribution in [3.8, 4) is 5.75 Å². The second-order valence-corrected chi connectivity index (χ2v) is 4.08. The van der Waals surface area contributed by atoms with Gasteiger partial charge in [0.1, 0.15) is 18.2 Å². The molecule has 0 aliphatic rings. The monoisotopic (exact) mass is 290 g/mol. The second-order valence-electron chi connectivity index (χ2n) is 4.08. The Kier molecular flexibility index (Phi) is 5.82. The molecule has 0 fully saturated rings. The molecule has 1 rings (SSSR count). The zero-order chi connectivity index (χ0) is 15.2. The fourth-order valence-corrected chi connectivity index (χ4v) is 1.55. The van der Waals surface area contributed by atoms with Gasteiger partial charge in [0.25, 0.3) is 0 Å². The first-order valence-electron chi connectivity index (χ1n) is 6.12. The predicted octanol–water partition coefficient (Wildman–Crippen LogP) is 2.79. The van der Waals surface area contributed by atoms with Gasteiger partial charge >= 0.3 is 6.18 Å². The minimum absolute atomic E-state index is 0.225. The van der Waals surface area contributed by atoms with Gasteiger partial charge in [-0.15, -0.1) is 0 Å². The van der Waals surface area contributed by atoms with Gasteiger partial charge in [-0.1, -0.05) is 6.92 Å². The quantitative estimate of drug-likeness (QED) is 0.461. The lowest BCUT2D eigenvalue weighted by atomic mass is 10.1. The lowest BCUT2D eigenvalue weighted by molar-refractivity contribution is -0.137. The van der Waals surface area contributed by atoms with Gasteiger partial charge in [0.2, 0.25) is 0 Å². The average Bonchev–Trinajstić information content (AvgIpc) is 2.37. The average molecular weight is 290 g/mol. The van der Waals surface area contributed by atoms with Crippen LogP contribution < -0.4 is 10.5 Å². The molecule has 0 unspecified atom stereocenters. The Morgan fingerprint density at radius 3 is 2.50 bits per heavy atom. The van der Waals surface area contributed by atoms with Crippen LogP contribution in [0.25, 0.3) is 0 Å². The number of rotatable bonds is 7. The first-order valence-corrected chi connectivity index (χ1v) is 6.12. The van der Waals surface area contributed by atoms with Gasteiger partial charge < -0.3 is 15.2 Å². The van der Waals surface area contributed by atoms with Crippen molar-refractivity contribution in [2.75, 3.05) is 19.8 Å². The third-order valence-corrected chi connectivity index (χ3v) is 2.43. The molecule has 0 aromatic heterocycles. The summed E-state index contributed by atoms with van der Waals surface area (Å²) in [5.74, 6) is -0.423. The highest BCUT2D eigenvalue weighted by Gasteiger charge is 2.34. The summed E-state index contributed by atoms with van der Waals surface area (Å²) >= 11 is 0. The molecular formula is C13H17F3N2O2. The van der Waals surface area contributed by atoms with Gasteiger partial charge in [0.05, 0.1) is 12.2 Å². The maximum atomic E-state index is 12.7. The van der Waals surface area contributed by atoms with E-state index in [1.807, 2.05) is 6.92 Å². The van der Waals surface area contributed by atoms with E-state index in [4.69, 9.17) is 20.6 Å². The summed E-state index contributed by atoms with van der Waals surface area (Å²) < 4.78 is 48.6. The van der Waals surface area contributed by atoms with E-state index in [1.54, 1.807) is 0 Å². The van der Waals surface area contributed by atoms with E-state index in [0.29, 0.717) is 13.2 Å². The summed E-state index contributed by atoms with van der Waals surface area (Å²) in [4.78, 5) is 0. The molecule has 112 valence electrons. The Labute approximate surface area is 115 Å². The van der Waals surface area contributed by atoms with Crippen LogP contribution in [0.15, 0.2) is 18.2 Å². The van der Waals surface area contributed by atoms with Gasteiger partial charge in [0, 0.05) is 12.2 Å². The predicted molar refractivity (Wildman–Crippen MR) is 69.1 cm³/mol. The van der Waals surface area contributed by atoms with Crippen molar-refractivity contribution >= 4 is 5.84 Å².